The zero-order chi connectivity index (χ0) is 27.6. The highest BCUT2D eigenvalue weighted by Crippen LogP contribution is 2.27. The number of ether oxygens (including phenoxy) is 2. The molecular weight excluding hydrogens is 514 g/mol. The van der Waals surface area contributed by atoms with Gasteiger partial charge in [0.15, 0.2) is 0 Å². The van der Waals surface area contributed by atoms with Crippen molar-refractivity contribution in [1.29, 1.82) is 0 Å². The number of aryl methyl sites for hydroxylation is 1. The van der Waals surface area contributed by atoms with Crippen molar-refractivity contribution >= 4 is 33.6 Å². The summed E-state index contributed by atoms with van der Waals surface area (Å²) in [6, 6.07) is 10.0. The van der Waals surface area contributed by atoms with Crippen molar-refractivity contribution in [3.05, 3.63) is 52.7 Å². The fraction of sp³-hybridized carbons (Fsp3) is 0.517. The van der Waals surface area contributed by atoms with E-state index in [-0.39, 0.29) is 18.0 Å². The van der Waals surface area contributed by atoms with Gasteiger partial charge in [0, 0.05) is 43.8 Å². The first-order chi connectivity index (χ1) is 18.6. The highest BCUT2D eigenvalue weighted by molar-refractivity contribution is 7.16. The molecule has 10 heteroatoms. The van der Waals surface area contributed by atoms with Gasteiger partial charge < -0.3 is 19.7 Å². The van der Waals surface area contributed by atoms with Crippen LogP contribution in [0.3, 0.4) is 0 Å². The fourth-order valence-electron chi connectivity index (χ4n) is 5.15. The van der Waals surface area contributed by atoms with Gasteiger partial charge >= 0.3 is 6.09 Å². The van der Waals surface area contributed by atoms with E-state index in [1.807, 2.05) is 68.3 Å². The monoisotopic (exact) mass is 551 g/mol. The van der Waals surface area contributed by atoms with E-state index >= 15 is 0 Å². The van der Waals surface area contributed by atoms with E-state index < -0.39 is 5.60 Å². The lowest BCUT2D eigenvalue weighted by molar-refractivity contribution is 0.0274. The summed E-state index contributed by atoms with van der Waals surface area (Å²) in [7, 11) is 0. The molecule has 2 aliphatic heterocycles. The van der Waals surface area contributed by atoms with Gasteiger partial charge in [0.05, 0.1) is 5.39 Å². The topological polar surface area (TPSA) is 96.9 Å². The Morgan fingerprint density at radius 1 is 1.05 bits per heavy atom. The van der Waals surface area contributed by atoms with Gasteiger partial charge in [-0.3, -0.25) is 9.69 Å². The van der Waals surface area contributed by atoms with Crippen LogP contribution in [0, 0.1) is 6.92 Å². The Bertz CT molecular complexity index is 1310. The molecule has 2 aromatic heterocycles. The minimum Gasteiger partial charge on any atom is -0.472 e. The summed E-state index contributed by atoms with van der Waals surface area (Å²) in [6.45, 7) is 11.2. The zero-order valence-electron chi connectivity index (χ0n) is 23.1. The molecule has 4 heterocycles. The van der Waals surface area contributed by atoms with E-state index in [4.69, 9.17) is 9.47 Å². The molecule has 9 nitrogen and oxygen atoms in total. The van der Waals surface area contributed by atoms with Crippen molar-refractivity contribution in [2.24, 2.45) is 0 Å². The van der Waals surface area contributed by atoms with Crippen LogP contribution >= 0.6 is 11.3 Å². The maximum atomic E-state index is 12.9. The Morgan fingerprint density at radius 3 is 2.51 bits per heavy atom. The normalized spacial score (nSPS) is 18.9. The van der Waals surface area contributed by atoms with Crippen molar-refractivity contribution in [2.75, 3.05) is 26.2 Å². The number of thiophene rings is 1. The van der Waals surface area contributed by atoms with Gasteiger partial charge in [-0.15, -0.1) is 11.3 Å². The molecule has 39 heavy (non-hydrogen) atoms. The first-order valence-electron chi connectivity index (χ1n) is 13.6. The summed E-state index contributed by atoms with van der Waals surface area (Å²) in [4.78, 5) is 39.3. The Morgan fingerprint density at radius 2 is 1.79 bits per heavy atom. The van der Waals surface area contributed by atoms with Gasteiger partial charge in [0.2, 0.25) is 5.88 Å². The van der Waals surface area contributed by atoms with Crippen LogP contribution in [-0.2, 0) is 11.3 Å². The van der Waals surface area contributed by atoms with E-state index in [0.717, 1.165) is 54.7 Å². The molecule has 2 fully saturated rings. The van der Waals surface area contributed by atoms with Crippen molar-refractivity contribution in [3.8, 4) is 5.88 Å². The van der Waals surface area contributed by atoms with Crippen LogP contribution in [0.5, 0.6) is 5.88 Å². The number of aromatic nitrogens is 2. The SMILES string of the molecule is Cc1nc(OCc2ccc(C(=O)NC3CCN(C4CCN(C(=O)OC(C)(C)C)C4)CC3)cc2)c2ccsc2n1. The Labute approximate surface area is 233 Å². The minimum absolute atomic E-state index is 0.0516. The summed E-state index contributed by atoms with van der Waals surface area (Å²) in [5, 5.41) is 6.10. The van der Waals surface area contributed by atoms with E-state index in [1.165, 1.54) is 0 Å². The quantitative estimate of drug-likeness (QED) is 0.471. The molecule has 1 unspecified atom stereocenters. The molecule has 2 saturated heterocycles. The largest absolute Gasteiger partial charge is 0.472 e. The van der Waals surface area contributed by atoms with E-state index in [0.29, 0.717) is 36.5 Å². The van der Waals surface area contributed by atoms with Crippen molar-refractivity contribution in [2.45, 2.75) is 71.2 Å². The number of piperidine rings is 1. The average Bonchev–Trinajstić information content (AvgIpc) is 3.57. The Hall–Kier alpha value is -3.24. The highest BCUT2D eigenvalue weighted by Gasteiger charge is 2.34. The standard InChI is InChI=1S/C29H37N5O4S/c1-19-30-26(24-12-16-39-27(24)31-19)37-18-20-5-7-21(8-6-20)25(35)32-22-9-13-33(14-10-22)23-11-15-34(17-23)28(36)38-29(2,3)4/h5-8,12,16,22-23H,9-11,13-15,17-18H2,1-4H3,(H,32,35). The fourth-order valence-corrected chi connectivity index (χ4v) is 5.95. The summed E-state index contributed by atoms with van der Waals surface area (Å²) < 4.78 is 11.5. The molecule has 1 aromatic carbocycles. The van der Waals surface area contributed by atoms with Crippen LogP contribution in [0.4, 0.5) is 4.79 Å². The number of amides is 2. The van der Waals surface area contributed by atoms with Gasteiger partial charge in [-0.2, -0.15) is 4.98 Å². The van der Waals surface area contributed by atoms with Crippen molar-refractivity contribution in [3.63, 3.8) is 0 Å². The average molecular weight is 552 g/mol. The molecule has 1 N–H and O–H groups in total. The third kappa shape index (κ3) is 6.86. The number of rotatable bonds is 6. The lowest BCUT2D eigenvalue weighted by Crippen LogP contribution is -2.49. The molecule has 0 aliphatic carbocycles. The van der Waals surface area contributed by atoms with Gasteiger partial charge in [0.25, 0.3) is 5.91 Å². The molecule has 0 bridgehead atoms. The number of benzene rings is 1. The molecule has 208 valence electrons. The molecule has 5 rings (SSSR count). The van der Waals surface area contributed by atoms with Crippen LogP contribution < -0.4 is 10.1 Å². The number of hydrogen-bond donors (Lipinski definition) is 1. The zero-order valence-corrected chi connectivity index (χ0v) is 23.9. The van der Waals surface area contributed by atoms with E-state index in [2.05, 4.69) is 20.2 Å². The number of nitrogens with one attached hydrogen (secondary N) is 1. The van der Waals surface area contributed by atoms with Crippen LogP contribution in [0.1, 0.15) is 61.8 Å². The van der Waals surface area contributed by atoms with Crippen LogP contribution in [0.15, 0.2) is 35.7 Å². The third-order valence-corrected chi connectivity index (χ3v) is 8.00. The first-order valence-corrected chi connectivity index (χ1v) is 14.5. The minimum atomic E-state index is -0.478. The molecule has 0 radical (unpaired) electrons. The second-order valence-electron chi connectivity index (χ2n) is 11.4. The summed E-state index contributed by atoms with van der Waals surface area (Å²) >= 11 is 1.57. The Kier molecular flexibility index (Phi) is 8.04. The molecule has 2 amide bonds. The Balaban J connectivity index is 1.07. The third-order valence-electron chi connectivity index (χ3n) is 7.19. The molecule has 3 aromatic rings. The molecular formula is C29H37N5O4S. The number of nitrogens with zero attached hydrogens (tertiary/aromatic N) is 4. The molecule has 0 saturated carbocycles. The number of hydrogen-bond acceptors (Lipinski definition) is 8. The van der Waals surface area contributed by atoms with Gasteiger partial charge in [-0.1, -0.05) is 12.1 Å². The van der Waals surface area contributed by atoms with E-state index in [9.17, 15) is 9.59 Å². The first kappa shape index (κ1) is 27.3. The molecule has 2 aliphatic rings. The summed E-state index contributed by atoms with van der Waals surface area (Å²) in [5.41, 5.74) is 1.13. The molecule has 0 spiro atoms. The van der Waals surface area contributed by atoms with Crippen LogP contribution in [0.2, 0.25) is 0 Å². The number of likely N-dealkylation sites (tertiary alicyclic amines) is 2. The van der Waals surface area contributed by atoms with Gasteiger partial charge in [-0.05, 0) is 76.1 Å². The second kappa shape index (κ2) is 11.5. The number of fused-ring (bicyclic) bond motifs is 1. The highest BCUT2D eigenvalue weighted by atomic mass is 32.1. The van der Waals surface area contributed by atoms with Crippen molar-refractivity contribution in [1.82, 2.24) is 25.1 Å². The van der Waals surface area contributed by atoms with Gasteiger partial charge in [0.1, 0.15) is 22.9 Å². The lowest BCUT2D eigenvalue weighted by Gasteiger charge is -2.36. The van der Waals surface area contributed by atoms with Crippen LogP contribution in [-0.4, -0.2) is 75.6 Å². The van der Waals surface area contributed by atoms with Crippen LogP contribution in [0.25, 0.3) is 10.2 Å². The molecule has 1 atom stereocenters. The second-order valence-corrected chi connectivity index (χ2v) is 12.2. The maximum absolute atomic E-state index is 12.9. The number of carbonyl (C=O) groups is 2. The summed E-state index contributed by atoms with van der Waals surface area (Å²) in [6.07, 6.45) is 2.53. The number of carbonyl (C=O) groups excluding carboxylic acids is 2. The van der Waals surface area contributed by atoms with Crippen molar-refractivity contribution < 1.29 is 19.1 Å². The lowest BCUT2D eigenvalue weighted by atomic mass is 10.0. The van der Waals surface area contributed by atoms with E-state index in [1.54, 1.807) is 11.3 Å². The predicted octanol–water partition coefficient (Wildman–Crippen LogP) is 4.78. The maximum Gasteiger partial charge on any atom is 0.410 e. The van der Waals surface area contributed by atoms with Gasteiger partial charge in [-0.25, -0.2) is 9.78 Å². The predicted molar refractivity (Wildman–Crippen MR) is 151 cm³/mol. The smallest absolute Gasteiger partial charge is 0.410 e. The summed E-state index contributed by atoms with van der Waals surface area (Å²) in [5.74, 6) is 1.22.